The Bertz CT molecular complexity index is 606. The fraction of sp³-hybridized carbons (Fsp3) is 0.250. The van der Waals surface area contributed by atoms with Gasteiger partial charge in [0, 0.05) is 5.56 Å². The summed E-state index contributed by atoms with van der Waals surface area (Å²) >= 11 is 0. The van der Waals surface area contributed by atoms with Crippen LogP contribution in [0.5, 0.6) is 11.5 Å². The normalized spacial score (nSPS) is 10.6. The molecule has 0 saturated heterocycles. The zero-order valence-electron chi connectivity index (χ0n) is 11.3. The molecule has 3 heteroatoms. The number of hydrogen-bond donors (Lipinski definition) is 1. The standard InChI is InChI=1S/C16H17FO2/c1-10-6-11(2)12(3)16(7-10)19-15-5-4-14(17)8-13(15)9-18/h4-8,18H,9H2,1-3H3. The van der Waals surface area contributed by atoms with Crippen LogP contribution in [0.15, 0.2) is 30.3 Å². The Labute approximate surface area is 112 Å². The van der Waals surface area contributed by atoms with E-state index in [4.69, 9.17) is 4.74 Å². The predicted molar refractivity (Wildman–Crippen MR) is 73.0 cm³/mol. The topological polar surface area (TPSA) is 29.5 Å². The Kier molecular flexibility index (Phi) is 3.86. The molecule has 0 amide bonds. The molecule has 0 unspecified atom stereocenters. The average molecular weight is 260 g/mol. The molecule has 19 heavy (non-hydrogen) atoms. The van der Waals surface area contributed by atoms with Crippen molar-refractivity contribution >= 4 is 0 Å². The molecule has 0 bridgehead atoms. The van der Waals surface area contributed by atoms with E-state index in [1.165, 1.54) is 18.2 Å². The summed E-state index contributed by atoms with van der Waals surface area (Å²) in [6, 6.07) is 8.17. The van der Waals surface area contributed by atoms with Gasteiger partial charge in [-0.15, -0.1) is 0 Å². The molecule has 2 nitrogen and oxygen atoms in total. The van der Waals surface area contributed by atoms with E-state index in [9.17, 15) is 9.50 Å². The predicted octanol–water partition coefficient (Wildman–Crippen LogP) is 4.04. The first-order chi connectivity index (χ1) is 9.01. The van der Waals surface area contributed by atoms with Crippen LogP contribution in [0.3, 0.4) is 0 Å². The molecule has 2 aromatic carbocycles. The largest absolute Gasteiger partial charge is 0.457 e. The smallest absolute Gasteiger partial charge is 0.133 e. The molecule has 100 valence electrons. The minimum absolute atomic E-state index is 0.253. The third-order valence-electron chi connectivity index (χ3n) is 3.18. The Morgan fingerprint density at radius 1 is 1.05 bits per heavy atom. The quantitative estimate of drug-likeness (QED) is 0.902. The van der Waals surface area contributed by atoms with Crippen molar-refractivity contribution in [3.05, 3.63) is 58.4 Å². The van der Waals surface area contributed by atoms with Gasteiger partial charge in [0.05, 0.1) is 6.61 Å². The van der Waals surface area contributed by atoms with Crippen molar-refractivity contribution in [3.63, 3.8) is 0 Å². The third kappa shape index (κ3) is 2.93. The van der Waals surface area contributed by atoms with E-state index >= 15 is 0 Å². The van der Waals surface area contributed by atoms with E-state index in [0.29, 0.717) is 11.3 Å². The highest BCUT2D eigenvalue weighted by atomic mass is 19.1. The van der Waals surface area contributed by atoms with Crippen LogP contribution in [0.25, 0.3) is 0 Å². The van der Waals surface area contributed by atoms with Crippen LogP contribution < -0.4 is 4.74 Å². The molecular weight excluding hydrogens is 243 g/mol. The number of aliphatic hydroxyl groups is 1. The summed E-state index contributed by atoms with van der Waals surface area (Å²) in [6.45, 7) is 5.74. The SMILES string of the molecule is Cc1cc(C)c(C)c(Oc2ccc(F)cc2CO)c1. The number of halogens is 1. The number of hydrogen-bond acceptors (Lipinski definition) is 2. The summed E-state index contributed by atoms with van der Waals surface area (Å²) < 4.78 is 18.9. The lowest BCUT2D eigenvalue weighted by Gasteiger charge is -2.14. The van der Waals surface area contributed by atoms with Crippen LogP contribution >= 0.6 is 0 Å². The lowest BCUT2D eigenvalue weighted by molar-refractivity contribution is 0.275. The average Bonchev–Trinajstić information content (AvgIpc) is 2.37. The van der Waals surface area contributed by atoms with E-state index in [1.807, 2.05) is 26.8 Å². The van der Waals surface area contributed by atoms with E-state index in [0.717, 1.165) is 22.4 Å². The van der Waals surface area contributed by atoms with Crippen molar-refractivity contribution in [1.82, 2.24) is 0 Å². The maximum Gasteiger partial charge on any atom is 0.133 e. The molecule has 0 heterocycles. The van der Waals surface area contributed by atoms with Gasteiger partial charge in [-0.3, -0.25) is 0 Å². The van der Waals surface area contributed by atoms with Gasteiger partial charge in [-0.25, -0.2) is 4.39 Å². The molecule has 0 radical (unpaired) electrons. The van der Waals surface area contributed by atoms with Gasteiger partial charge >= 0.3 is 0 Å². The van der Waals surface area contributed by atoms with Crippen molar-refractivity contribution in [2.75, 3.05) is 0 Å². The second kappa shape index (κ2) is 5.41. The first kappa shape index (κ1) is 13.6. The van der Waals surface area contributed by atoms with E-state index in [-0.39, 0.29) is 12.4 Å². The summed E-state index contributed by atoms with van der Waals surface area (Å²) in [7, 11) is 0. The van der Waals surface area contributed by atoms with Gasteiger partial charge in [0.1, 0.15) is 17.3 Å². The molecule has 2 rings (SSSR count). The molecule has 0 aliphatic carbocycles. The van der Waals surface area contributed by atoms with Crippen molar-refractivity contribution in [1.29, 1.82) is 0 Å². The van der Waals surface area contributed by atoms with Crippen LogP contribution in [0, 0.1) is 26.6 Å². The highest BCUT2D eigenvalue weighted by molar-refractivity contribution is 5.46. The molecule has 0 atom stereocenters. The van der Waals surface area contributed by atoms with E-state index in [1.54, 1.807) is 0 Å². The molecule has 0 aliphatic heterocycles. The van der Waals surface area contributed by atoms with Crippen molar-refractivity contribution in [2.45, 2.75) is 27.4 Å². The van der Waals surface area contributed by atoms with Gasteiger partial charge in [0.25, 0.3) is 0 Å². The number of ether oxygens (including phenoxy) is 1. The van der Waals surface area contributed by atoms with Gasteiger partial charge in [-0.05, 0) is 61.7 Å². The Hall–Kier alpha value is -1.87. The van der Waals surface area contributed by atoms with Crippen molar-refractivity contribution in [3.8, 4) is 11.5 Å². The van der Waals surface area contributed by atoms with Gasteiger partial charge < -0.3 is 9.84 Å². The number of aliphatic hydroxyl groups excluding tert-OH is 1. The Morgan fingerprint density at radius 2 is 1.79 bits per heavy atom. The first-order valence-corrected chi connectivity index (χ1v) is 6.16. The lowest BCUT2D eigenvalue weighted by Crippen LogP contribution is -1.96. The fourth-order valence-corrected chi connectivity index (χ4v) is 2.00. The van der Waals surface area contributed by atoms with Crippen LogP contribution in [0.2, 0.25) is 0 Å². The van der Waals surface area contributed by atoms with Crippen LogP contribution in [-0.2, 0) is 6.61 Å². The fourth-order valence-electron chi connectivity index (χ4n) is 2.00. The first-order valence-electron chi connectivity index (χ1n) is 6.16. The molecule has 0 aliphatic rings. The highest BCUT2D eigenvalue weighted by Gasteiger charge is 2.09. The van der Waals surface area contributed by atoms with Crippen LogP contribution in [-0.4, -0.2) is 5.11 Å². The van der Waals surface area contributed by atoms with Gasteiger partial charge in [-0.2, -0.15) is 0 Å². The molecule has 1 N–H and O–H groups in total. The maximum atomic E-state index is 13.1. The van der Waals surface area contributed by atoms with Gasteiger partial charge in [0.2, 0.25) is 0 Å². The van der Waals surface area contributed by atoms with Crippen molar-refractivity contribution in [2.24, 2.45) is 0 Å². The second-order valence-electron chi connectivity index (χ2n) is 4.72. The summed E-state index contributed by atoms with van der Waals surface area (Å²) in [5.41, 5.74) is 3.73. The maximum absolute atomic E-state index is 13.1. The van der Waals surface area contributed by atoms with Gasteiger partial charge in [0.15, 0.2) is 0 Å². The molecule has 0 spiro atoms. The lowest BCUT2D eigenvalue weighted by atomic mass is 10.1. The summed E-state index contributed by atoms with van der Waals surface area (Å²) in [4.78, 5) is 0. The molecule has 2 aromatic rings. The van der Waals surface area contributed by atoms with E-state index in [2.05, 4.69) is 6.07 Å². The monoisotopic (exact) mass is 260 g/mol. The van der Waals surface area contributed by atoms with Crippen LogP contribution in [0.1, 0.15) is 22.3 Å². The molecule has 0 fully saturated rings. The number of rotatable bonds is 3. The summed E-state index contributed by atoms with van der Waals surface area (Å²) in [6.07, 6.45) is 0. The highest BCUT2D eigenvalue weighted by Crippen LogP contribution is 2.31. The van der Waals surface area contributed by atoms with Crippen LogP contribution in [0.4, 0.5) is 4.39 Å². The van der Waals surface area contributed by atoms with Crippen molar-refractivity contribution < 1.29 is 14.2 Å². The number of aryl methyl sites for hydroxylation is 2. The zero-order valence-corrected chi connectivity index (χ0v) is 11.3. The Morgan fingerprint density at radius 3 is 2.47 bits per heavy atom. The van der Waals surface area contributed by atoms with E-state index < -0.39 is 0 Å². The minimum atomic E-state index is -0.381. The zero-order chi connectivity index (χ0) is 14.0. The summed E-state index contributed by atoms with van der Waals surface area (Å²) in [5.74, 6) is 0.837. The Balaban J connectivity index is 2.41. The molecular formula is C16H17FO2. The van der Waals surface area contributed by atoms with Gasteiger partial charge in [-0.1, -0.05) is 6.07 Å². The molecule has 0 aromatic heterocycles. The molecule has 0 saturated carbocycles. The number of benzene rings is 2. The second-order valence-corrected chi connectivity index (χ2v) is 4.72. The third-order valence-corrected chi connectivity index (χ3v) is 3.18. The summed E-state index contributed by atoms with van der Waals surface area (Å²) in [5, 5.41) is 9.25. The minimum Gasteiger partial charge on any atom is -0.457 e.